The summed E-state index contributed by atoms with van der Waals surface area (Å²) in [6, 6.07) is 5.77. The van der Waals surface area contributed by atoms with Gasteiger partial charge in [-0.3, -0.25) is 4.98 Å². The van der Waals surface area contributed by atoms with E-state index in [-0.39, 0.29) is 6.10 Å². The van der Waals surface area contributed by atoms with Crippen LogP contribution in [0.1, 0.15) is 13.3 Å². The second-order valence-electron chi connectivity index (χ2n) is 4.19. The lowest BCUT2D eigenvalue weighted by atomic mass is 10.1. The van der Waals surface area contributed by atoms with Gasteiger partial charge < -0.3 is 16.2 Å². The fraction of sp³-hybridized carbons (Fsp3) is 0.308. The Morgan fingerprint density at radius 3 is 2.94 bits per heavy atom. The van der Waals surface area contributed by atoms with Crippen LogP contribution in [0.15, 0.2) is 30.6 Å². The van der Waals surface area contributed by atoms with Gasteiger partial charge in [-0.1, -0.05) is 0 Å². The van der Waals surface area contributed by atoms with Crippen LogP contribution in [0.3, 0.4) is 0 Å². The maximum atomic E-state index is 9.22. The zero-order valence-electron chi connectivity index (χ0n) is 9.85. The van der Waals surface area contributed by atoms with Gasteiger partial charge >= 0.3 is 0 Å². The monoisotopic (exact) mass is 231 g/mol. The van der Waals surface area contributed by atoms with E-state index in [2.05, 4.69) is 10.3 Å². The third kappa shape index (κ3) is 2.65. The van der Waals surface area contributed by atoms with E-state index in [1.54, 1.807) is 19.3 Å². The first kappa shape index (κ1) is 11.7. The minimum Gasteiger partial charge on any atom is -0.398 e. The molecule has 1 unspecified atom stereocenters. The number of aliphatic hydroxyl groups is 1. The summed E-state index contributed by atoms with van der Waals surface area (Å²) in [5.41, 5.74) is 7.65. The van der Waals surface area contributed by atoms with Gasteiger partial charge in [0.2, 0.25) is 0 Å². The molecule has 0 aliphatic rings. The van der Waals surface area contributed by atoms with Crippen LogP contribution in [0.25, 0.3) is 10.8 Å². The van der Waals surface area contributed by atoms with Gasteiger partial charge in [0.1, 0.15) is 0 Å². The highest BCUT2D eigenvalue weighted by atomic mass is 16.3. The summed E-state index contributed by atoms with van der Waals surface area (Å²) in [6.07, 6.45) is 3.95. The largest absolute Gasteiger partial charge is 0.398 e. The maximum absolute atomic E-state index is 9.22. The summed E-state index contributed by atoms with van der Waals surface area (Å²) in [4.78, 5) is 4.08. The lowest BCUT2D eigenvalue weighted by molar-refractivity contribution is 0.189. The molecule has 17 heavy (non-hydrogen) atoms. The Hall–Kier alpha value is -1.81. The quantitative estimate of drug-likeness (QED) is 0.704. The van der Waals surface area contributed by atoms with Crippen LogP contribution in [-0.4, -0.2) is 22.7 Å². The molecule has 0 radical (unpaired) electrons. The summed E-state index contributed by atoms with van der Waals surface area (Å²) in [7, 11) is 0. The van der Waals surface area contributed by atoms with Gasteiger partial charge in [0, 0.05) is 41.1 Å². The molecule has 1 aromatic heterocycles. The average molecular weight is 231 g/mol. The van der Waals surface area contributed by atoms with Gasteiger partial charge in [-0.2, -0.15) is 0 Å². The number of aliphatic hydroxyl groups excluding tert-OH is 1. The lowest BCUT2D eigenvalue weighted by Crippen LogP contribution is -2.10. The number of nitrogens with zero attached hydrogens (tertiary/aromatic N) is 1. The molecule has 0 saturated carbocycles. The predicted octanol–water partition coefficient (Wildman–Crippen LogP) is 2.00. The second-order valence-corrected chi connectivity index (χ2v) is 4.19. The highest BCUT2D eigenvalue weighted by molar-refractivity contribution is 6.00. The molecular weight excluding hydrogens is 214 g/mol. The van der Waals surface area contributed by atoms with Gasteiger partial charge in [-0.25, -0.2) is 0 Å². The standard InChI is InChI=1S/C13H17N3O/c1-9(17)4-7-16-13-3-2-12(14)11-8-15-6-5-10(11)13/h2-3,5-6,8-9,16-17H,4,7,14H2,1H3. The summed E-state index contributed by atoms with van der Waals surface area (Å²) >= 11 is 0. The fourth-order valence-corrected chi connectivity index (χ4v) is 1.78. The van der Waals surface area contributed by atoms with Crippen molar-refractivity contribution in [3.05, 3.63) is 30.6 Å². The van der Waals surface area contributed by atoms with Crippen molar-refractivity contribution in [2.45, 2.75) is 19.4 Å². The molecule has 2 rings (SSSR count). The Bertz CT molecular complexity index is 511. The molecule has 0 aliphatic carbocycles. The van der Waals surface area contributed by atoms with Crippen molar-refractivity contribution in [1.82, 2.24) is 4.98 Å². The number of nitrogens with one attached hydrogen (secondary N) is 1. The Labute approximate surface area is 100 Å². The number of hydrogen-bond acceptors (Lipinski definition) is 4. The number of pyridine rings is 1. The van der Waals surface area contributed by atoms with Gasteiger partial charge in [0.25, 0.3) is 0 Å². The molecule has 0 saturated heterocycles. The predicted molar refractivity (Wildman–Crippen MR) is 70.9 cm³/mol. The van der Waals surface area contributed by atoms with Crippen LogP contribution in [0.4, 0.5) is 11.4 Å². The van der Waals surface area contributed by atoms with E-state index in [1.165, 1.54) is 0 Å². The van der Waals surface area contributed by atoms with Gasteiger partial charge in [-0.15, -0.1) is 0 Å². The van der Waals surface area contributed by atoms with Crippen LogP contribution >= 0.6 is 0 Å². The highest BCUT2D eigenvalue weighted by Gasteiger charge is 2.03. The number of hydrogen-bond donors (Lipinski definition) is 3. The highest BCUT2D eigenvalue weighted by Crippen LogP contribution is 2.27. The van der Waals surface area contributed by atoms with Crippen molar-refractivity contribution >= 4 is 22.1 Å². The van der Waals surface area contributed by atoms with E-state index in [1.807, 2.05) is 18.2 Å². The van der Waals surface area contributed by atoms with Crippen LogP contribution in [0.5, 0.6) is 0 Å². The fourth-order valence-electron chi connectivity index (χ4n) is 1.78. The van der Waals surface area contributed by atoms with Crippen molar-refractivity contribution in [3.63, 3.8) is 0 Å². The Balaban J connectivity index is 2.26. The Morgan fingerprint density at radius 2 is 2.18 bits per heavy atom. The van der Waals surface area contributed by atoms with Crippen molar-refractivity contribution < 1.29 is 5.11 Å². The first-order valence-electron chi connectivity index (χ1n) is 5.72. The van der Waals surface area contributed by atoms with Crippen molar-refractivity contribution in [1.29, 1.82) is 0 Å². The third-order valence-corrected chi connectivity index (χ3v) is 2.73. The molecule has 0 spiro atoms. The molecule has 1 atom stereocenters. The van der Waals surface area contributed by atoms with Crippen molar-refractivity contribution in [2.24, 2.45) is 0 Å². The number of nitrogen functional groups attached to an aromatic ring is 1. The van der Waals surface area contributed by atoms with E-state index < -0.39 is 0 Å². The first-order chi connectivity index (χ1) is 8.18. The first-order valence-corrected chi connectivity index (χ1v) is 5.72. The second kappa shape index (κ2) is 5.01. The van der Waals surface area contributed by atoms with Gasteiger partial charge in [0.15, 0.2) is 0 Å². The SMILES string of the molecule is CC(O)CCNc1ccc(N)c2cnccc12. The molecule has 2 aromatic rings. The molecule has 4 heteroatoms. The lowest BCUT2D eigenvalue weighted by Gasteiger charge is -2.11. The number of aromatic nitrogens is 1. The molecule has 90 valence electrons. The minimum absolute atomic E-state index is 0.288. The molecular formula is C13H17N3O. The van der Waals surface area contributed by atoms with E-state index in [0.29, 0.717) is 0 Å². The number of nitrogens with two attached hydrogens (primary N) is 1. The smallest absolute Gasteiger partial charge is 0.0528 e. The summed E-state index contributed by atoms with van der Waals surface area (Å²) in [5, 5.41) is 14.5. The topological polar surface area (TPSA) is 71.2 Å². The van der Waals surface area contributed by atoms with E-state index in [9.17, 15) is 5.11 Å². The Morgan fingerprint density at radius 1 is 1.35 bits per heavy atom. The molecule has 4 N–H and O–H groups in total. The van der Waals surface area contributed by atoms with Crippen LogP contribution in [0.2, 0.25) is 0 Å². The zero-order chi connectivity index (χ0) is 12.3. The minimum atomic E-state index is -0.288. The average Bonchev–Trinajstić information content (AvgIpc) is 2.32. The Kier molecular flexibility index (Phi) is 3.44. The van der Waals surface area contributed by atoms with Crippen LogP contribution in [-0.2, 0) is 0 Å². The maximum Gasteiger partial charge on any atom is 0.0528 e. The van der Waals surface area contributed by atoms with E-state index in [4.69, 9.17) is 5.73 Å². The zero-order valence-corrected chi connectivity index (χ0v) is 9.85. The van der Waals surface area contributed by atoms with Gasteiger partial charge in [-0.05, 0) is 31.5 Å². The molecule has 0 aliphatic heterocycles. The molecule has 4 nitrogen and oxygen atoms in total. The number of anilines is 2. The number of rotatable bonds is 4. The van der Waals surface area contributed by atoms with E-state index in [0.717, 1.165) is 35.1 Å². The van der Waals surface area contributed by atoms with Crippen molar-refractivity contribution in [2.75, 3.05) is 17.6 Å². The van der Waals surface area contributed by atoms with Crippen LogP contribution in [0, 0.1) is 0 Å². The normalized spacial score (nSPS) is 12.6. The molecule has 1 aromatic carbocycles. The van der Waals surface area contributed by atoms with Gasteiger partial charge in [0.05, 0.1) is 6.10 Å². The molecule has 0 bridgehead atoms. The summed E-state index contributed by atoms with van der Waals surface area (Å²) in [6.45, 7) is 2.52. The van der Waals surface area contributed by atoms with Crippen LogP contribution < -0.4 is 11.1 Å². The number of benzene rings is 1. The number of fused-ring (bicyclic) bond motifs is 1. The summed E-state index contributed by atoms with van der Waals surface area (Å²) < 4.78 is 0. The van der Waals surface area contributed by atoms with Crippen molar-refractivity contribution in [3.8, 4) is 0 Å². The third-order valence-electron chi connectivity index (χ3n) is 2.73. The summed E-state index contributed by atoms with van der Waals surface area (Å²) in [5.74, 6) is 0. The molecule has 0 amide bonds. The van der Waals surface area contributed by atoms with E-state index >= 15 is 0 Å². The molecule has 1 heterocycles. The molecule has 0 fully saturated rings.